The zero-order chi connectivity index (χ0) is 33.6. The van der Waals surface area contributed by atoms with Crippen molar-refractivity contribution in [3.05, 3.63) is 42.7 Å². The first-order chi connectivity index (χ1) is 22.6. The SMILES string of the molecule is CN[C@@H](C)C(=O)NCC(C)(C)CC(=O)N1CCC[C@H]1C(=O)Nc1cc2c(Nc3ccc(N4CCOCC4)cc3)ncnc2cc1OC.Cl. The lowest BCUT2D eigenvalue weighted by Crippen LogP contribution is -2.47. The lowest BCUT2D eigenvalue weighted by molar-refractivity contribution is -0.138. The molecule has 14 heteroatoms. The van der Waals surface area contributed by atoms with Crippen LogP contribution in [0.5, 0.6) is 5.75 Å². The Morgan fingerprint density at radius 3 is 2.50 bits per heavy atom. The number of hydrogen-bond donors (Lipinski definition) is 4. The molecule has 2 aliphatic heterocycles. The molecule has 2 saturated heterocycles. The van der Waals surface area contributed by atoms with Crippen molar-refractivity contribution in [3.63, 3.8) is 0 Å². The number of rotatable bonds is 12. The number of anilines is 4. The number of aromatic nitrogens is 2. The van der Waals surface area contributed by atoms with Crippen LogP contribution in [0.3, 0.4) is 0 Å². The number of morpholine rings is 1. The van der Waals surface area contributed by atoms with Crippen LogP contribution in [0.4, 0.5) is 22.9 Å². The summed E-state index contributed by atoms with van der Waals surface area (Å²) in [5.41, 5.74) is 2.62. The molecule has 260 valence electrons. The van der Waals surface area contributed by atoms with Crippen LogP contribution in [-0.4, -0.2) is 98.2 Å². The predicted molar refractivity (Wildman–Crippen MR) is 189 cm³/mol. The molecule has 0 aliphatic carbocycles. The fourth-order valence-electron chi connectivity index (χ4n) is 5.90. The second-order valence-electron chi connectivity index (χ2n) is 12.9. The van der Waals surface area contributed by atoms with Gasteiger partial charge in [0.2, 0.25) is 17.7 Å². The predicted octanol–water partition coefficient (Wildman–Crippen LogP) is 3.71. The third-order valence-electron chi connectivity index (χ3n) is 8.79. The summed E-state index contributed by atoms with van der Waals surface area (Å²) in [6.07, 6.45) is 2.97. The second kappa shape index (κ2) is 16.3. The summed E-state index contributed by atoms with van der Waals surface area (Å²) in [5, 5.41) is 12.9. The van der Waals surface area contributed by atoms with Crippen LogP contribution in [0.2, 0.25) is 0 Å². The summed E-state index contributed by atoms with van der Waals surface area (Å²) >= 11 is 0. The number of methoxy groups -OCH3 is 1. The van der Waals surface area contributed by atoms with E-state index in [2.05, 4.69) is 48.3 Å². The van der Waals surface area contributed by atoms with Crippen molar-refractivity contribution < 1.29 is 23.9 Å². The van der Waals surface area contributed by atoms with E-state index in [4.69, 9.17) is 9.47 Å². The Bertz CT molecular complexity index is 1580. The maximum absolute atomic E-state index is 13.7. The number of fused-ring (bicyclic) bond motifs is 1. The summed E-state index contributed by atoms with van der Waals surface area (Å²) in [4.78, 5) is 52.2. The number of benzene rings is 2. The molecular formula is C34H47ClN8O5. The molecule has 48 heavy (non-hydrogen) atoms. The smallest absolute Gasteiger partial charge is 0.247 e. The normalized spacial score (nSPS) is 17.0. The number of hydrogen-bond acceptors (Lipinski definition) is 10. The van der Waals surface area contributed by atoms with Gasteiger partial charge >= 0.3 is 0 Å². The van der Waals surface area contributed by atoms with Gasteiger partial charge in [-0.3, -0.25) is 14.4 Å². The number of nitrogens with zero attached hydrogens (tertiary/aromatic N) is 4. The molecule has 5 rings (SSSR count). The molecule has 4 N–H and O–H groups in total. The minimum absolute atomic E-state index is 0. The number of amides is 3. The minimum Gasteiger partial charge on any atom is -0.494 e. The zero-order valence-electron chi connectivity index (χ0n) is 28.3. The number of nitrogens with one attached hydrogen (secondary N) is 4. The summed E-state index contributed by atoms with van der Waals surface area (Å²) in [5.74, 6) is 0.514. The molecule has 3 heterocycles. The summed E-state index contributed by atoms with van der Waals surface area (Å²) in [7, 11) is 3.26. The highest BCUT2D eigenvalue weighted by atomic mass is 35.5. The highest BCUT2D eigenvalue weighted by Crippen LogP contribution is 2.34. The monoisotopic (exact) mass is 682 g/mol. The Kier molecular flexibility index (Phi) is 12.4. The molecule has 3 aromatic rings. The molecule has 13 nitrogen and oxygen atoms in total. The van der Waals surface area contributed by atoms with Crippen LogP contribution < -0.4 is 30.9 Å². The van der Waals surface area contributed by atoms with Crippen molar-refractivity contribution >= 4 is 63.9 Å². The van der Waals surface area contributed by atoms with Gasteiger partial charge in [-0.15, -0.1) is 12.4 Å². The Hall–Kier alpha value is -4.20. The van der Waals surface area contributed by atoms with Crippen molar-refractivity contribution in [1.82, 2.24) is 25.5 Å². The van der Waals surface area contributed by atoms with Crippen molar-refractivity contribution in [2.75, 3.05) is 69.1 Å². The highest BCUT2D eigenvalue weighted by Gasteiger charge is 2.37. The maximum atomic E-state index is 13.7. The zero-order valence-corrected chi connectivity index (χ0v) is 29.1. The standard InChI is InChI=1S/C34H46N8O5.ClH/c1-22(35-4)32(44)36-20-34(2,3)19-30(43)42-12-6-7-28(42)33(45)40-27-17-25-26(18-29(27)46-5)37-21-38-31(25)39-23-8-10-24(11-9-23)41-13-15-47-16-14-41;/h8-11,17-18,21-22,28,35H,6-7,12-16,19-20H2,1-5H3,(H,36,44)(H,40,45)(H,37,38,39);1H/t22-,28-;/m0./s1. The Morgan fingerprint density at radius 2 is 1.81 bits per heavy atom. The van der Waals surface area contributed by atoms with Gasteiger partial charge in [0.05, 0.1) is 37.6 Å². The van der Waals surface area contributed by atoms with E-state index in [1.165, 1.54) is 13.4 Å². The van der Waals surface area contributed by atoms with Crippen molar-refractivity contribution in [2.45, 2.75) is 52.1 Å². The van der Waals surface area contributed by atoms with Crippen LogP contribution in [0.1, 0.15) is 40.0 Å². The quantitative estimate of drug-likeness (QED) is 0.223. The molecule has 0 radical (unpaired) electrons. The Morgan fingerprint density at radius 1 is 1.08 bits per heavy atom. The van der Waals surface area contributed by atoms with Gasteiger partial charge in [0.1, 0.15) is 23.9 Å². The fraction of sp³-hybridized carbons (Fsp3) is 0.500. The van der Waals surface area contributed by atoms with Gasteiger partial charge in [-0.1, -0.05) is 13.8 Å². The molecule has 0 bridgehead atoms. The molecule has 0 unspecified atom stereocenters. The van der Waals surface area contributed by atoms with E-state index in [-0.39, 0.29) is 42.6 Å². The van der Waals surface area contributed by atoms with Crippen LogP contribution in [0.25, 0.3) is 10.9 Å². The van der Waals surface area contributed by atoms with E-state index in [0.717, 1.165) is 44.1 Å². The van der Waals surface area contributed by atoms with Gasteiger partial charge in [-0.25, -0.2) is 9.97 Å². The molecule has 3 amide bonds. The van der Waals surface area contributed by atoms with Gasteiger partial charge in [-0.05, 0) is 62.6 Å². The molecular weight excluding hydrogens is 636 g/mol. The van der Waals surface area contributed by atoms with Gasteiger partial charge in [-0.2, -0.15) is 0 Å². The largest absolute Gasteiger partial charge is 0.494 e. The number of likely N-dealkylation sites (N-methyl/N-ethyl adjacent to an activating group) is 1. The third kappa shape index (κ3) is 8.82. The first-order valence-corrected chi connectivity index (χ1v) is 16.2. The van der Waals surface area contributed by atoms with Gasteiger partial charge in [0, 0.05) is 55.4 Å². The molecule has 2 atom stereocenters. The molecule has 0 saturated carbocycles. The summed E-state index contributed by atoms with van der Waals surface area (Å²) in [6, 6.07) is 10.8. The third-order valence-corrected chi connectivity index (χ3v) is 8.79. The number of ether oxygens (including phenoxy) is 2. The van der Waals surface area contributed by atoms with E-state index in [1.54, 1.807) is 31.0 Å². The summed E-state index contributed by atoms with van der Waals surface area (Å²) in [6.45, 7) is 9.66. The Labute approximate surface area is 287 Å². The molecule has 0 spiro atoms. The first kappa shape index (κ1) is 36.6. The van der Waals surface area contributed by atoms with Crippen LogP contribution in [0.15, 0.2) is 42.7 Å². The number of likely N-dealkylation sites (tertiary alicyclic amines) is 1. The van der Waals surface area contributed by atoms with Gasteiger partial charge in [0.15, 0.2) is 0 Å². The fourth-order valence-corrected chi connectivity index (χ4v) is 5.90. The van der Waals surface area contributed by atoms with E-state index in [9.17, 15) is 14.4 Å². The molecule has 2 aliphatic rings. The molecule has 2 aromatic carbocycles. The van der Waals surface area contributed by atoms with E-state index in [0.29, 0.717) is 47.7 Å². The minimum atomic E-state index is -0.618. The van der Waals surface area contributed by atoms with E-state index in [1.807, 2.05) is 26.0 Å². The van der Waals surface area contributed by atoms with E-state index < -0.39 is 11.5 Å². The lowest BCUT2D eigenvalue weighted by Gasteiger charge is -2.30. The van der Waals surface area contributed by atoms with E-state index >= 15 is 0 Å². The Balaban J connectivity index is 0.00000520. The molecule has 2 fully saturated rings. The van der Waals surface area contributed by atoms with Gasteiger partial charge in [0.25, 0.3) is 0 Å². The van der Waals surface area contributed by atoms with Crippen LogP contribution in [0, 0.1) is 5.41 Å². The average Bonchev–Trinajstić information content (AvgIpc) is 3.58. The summed E-state index contributed by atoms with van der Waals surface area (Å²) < 4.78 is 11.1. The second-order valence-corrected chi connectivity index (χ2v) is 12.9. The van der Waals surface area contributed by atoms with Crippen molar-refractivity contribution in [3.8, 4) is 5.75 Å². The van der Waals surface area contributed by atoms with Crippen LogP contribution >= 0.6 is 12.4 Å². The maximum Gasteiger partial charge on any atom is 0.247 e. The number of carbonyl (C=O) groups is 3. The van der Waals surface area contributed by atoms with Crippen LogP contribution in [-0.2, 0) is 19.1 Å². The highest BCUT2D eigenvalue weighted by molar-refractivity contribution is 6.02. The lowest BCUT2D eigenvalue weighted by atomic mass is 9.88. The topological polar surface area (TPSA) is 150 Å². The number of halogens is 1. The molecule has 1 aromatic heterocycles. The first-order valence-electron chi connectivity index (χ1n) is 16.2. The van der Waals surface area contributed by atoms with Crippen molar-refractivity contribution in [1.29, 1.82) is 0 Å². The van der Waals surface area contributed by atoms with Crippen molar-refractivity contribution in [2.24, 2.45) is 5.41 Å². The average molecular weight is 683 g/mol. The van der Waals surface area contributed by atoms with Gasteiger partial charge < -0.3 is 40.5 Å². The number of carbonyl (C=O) groups excluding carboxylic acids is 3.